The summed E-state index contributed by atoms with van der Waals surface area (Å²) in [5.74, 6) is -0.590. The van der Waals surface area contributed by atoms with Crippen LogP contribution < -0.4 is 5.14 Å². The van der Waals surface area contributed by atoms with Crippen molar-refractivity contribution in [2.45, 2.75) is 23.8 Å². The number of aromatic nitrogens is 1. The first kappa shape index (κ1) is 14.0. The first-order chi connectivity index (χ1) is 8.88. The van der Waals surface area contributed by atoms with Crippen LogP contribution in [0.2, 0.25) is 0 Å². The highest BCUT2D eigenvalue weighted by molar-refractivity contribution is 7.89. The molecule has 7 nitrogen and oxygen atoms in total. The number of carbonyl (C=O) groups excluding carboxylic acids is 1. The highest BCUT2D eigenvalue weighted by Gasteiger charge is 2.21. The zero-order chi connectivity index (χ0) is 14.0. The summed E-state index contributed by atoms with van der Waals surface area (Å²) in [5, 5.41) is 5.00. The first-order valence-corrected chi connectivity index (χ1v) is 7.40. The minimum atomic E-state index is -3.82. The molecule has 0 spiro atoms. The minimum Gasteiger partial charge on any atom is -0.458 e. The smallest absolute Gasteiger partial charge is 0.355 e. The molecule has 1 fully saturated rings. The Morgan fingerprint density at radius 1 is 1.63 bits per heavy atom. The number of esters is 1. The summed E-state index contributed by atoms with van der Waals surface area (Å²) in [5.41, 5.74) is 0.141. The van der Waals surface area contributed by atoms with E-state index in [0.717, 1.165) is 12.8 Å². The Bertz CT molecular complexity index is 572. The molecule has 1 aliphatic rings. The molecule has 8 heteroatoms. The van der Waals surface area contributed by atoms with Gasteiger partial charge in [0, 0.05) is 19.9 Å². The first-order valence-electron chi connectivity index (χ1n) is 5.86. The zero-order valence-corrected chi connectivity index (χ0v) is 11.4. The Labute approximate surface area is 111 Å². The Balaban J connectivity index is 2.04. The van der Waals surface area contributed by atoms with E-state index in [4.69, 9.17) is 14.6 Å². The predicted octanol–water partition coefficient (Wildman–Crippen LogP) is 0.00830. The van der Waals surface area contributed by atoms with Gasteiger partial charge in [0.25, 0.3) is 0 Å². The minimum absolute atomic E-state index is 0.0677. The third kappa shape index (κ3) is 3.34. The monoisotopic (exact) mass is 288 g/mol. The Morgan fingerprint density at radius 3 is 2.89 bits per heavy atom. The summed E-state index contributed by atoms with van der Waals surface area (Å²) < 4.78 is 34.2. The van der Waals surface area contributed by atoms with Crippen molar-refractivity contribution in [3.8, 4) is 0 Å². The second kappa shape index (κ2) is 5.32. The van der Waals surface area contributed by atoms with Crippen LogP contribution in [0.25, 0.3) is 0 Å². The molecule has 1 saturated heterocycles. The van der Waals surface area contributed by atoms with E-state index in [9.17, 15) is 13.2 Å². The quantitative estimate of drug-likeness (QED) is 0.786. The van der Waals surface area contributed by atoms with Gasteiger partial charge in [-0.2, -0.15) is 0 Å². The number of primary sulfonamides is 1. The summed E-state index contributed by atoms with van der Waals surface area (Å²) in [6.45, 7) is 0.858. The second-order valence-electron chi connectivity index (χ2n) is 4.45. The van der Waals surface area contributed by atoms with Crippen molar-refractivity contribution in [2.24, 2.45) is 12.2 Å². The van der Waals surface area contributed by atoms with Crippen LogP contribution in [-0.4, -0.2) is 38.3 Å². The summed E-state index contributed by atoms with van der Waals surface area (Å²) in [6, 6.07) is 1.20. The Hall–Kier alpha value is -1.38. The number of hydrogen-bond acceptors (Lipinski definition) is 5. The fourth-order valence-electron chi connectivity index (χ4n) is 1.91. The highest BCUT2D eigenvalue weighted by Crippen LogP contribution is 2.15. The van der Waals surface area contributed by atoms with Gasteiger partial charge in [-0.1, -0.05) is 0 Å². The maximum Gasteiger partial charge on any atom is 0.355 e. The predicted molar refractivity (Wildman–Crippen MR) is 66.0 cm³/mol. The molecule has 0 aliphatic carbocycles. The van der Waals surface area contributed by atoms with Crippen LogP contribution in [0.15, 0.2) is 17.2 Å². The molecular formula is C11H16N2O5S. The fraction of sp³-hybridized carbons (Fsp3) is 0.545. The van der Waals surface area contributed by atoms with Gasteiger partial charge in [-0.25, -0.2) is 18.4 Å². The molecular weight excluding hydrogens is 272 g/mol. The standard InChI is InChI=1S/C11H16N2O5S/c1-13-6-9(19(12,15)16)5-10(13)11(14)18-7-8-3-2-4-17-8/h5-6,8H,2-4,7H2,1H3,(H2,12,15,16). The summed E-state index contributed by atoms with van der Waals surface area (Å²) in [6.07, 6.45) is 3.03. The maximum atomic E-state index is 11.8. The largest absolute Gasteiger partial charge is 0.458 e. The van der Waals surface area contributed by atoms with E-state index >= 15 is 0 Å². The number of rotatable bonds is 4. The van der Waals surface area contributed by atoms with Crippen LogP contribution in [0.1, 0.15) is 23.3 Å². The number of hydrogen-bond donors (Lipinski definition) is 1. The van der Waals surface area contributed by atoms with Gasteiger partial charge < -0.3 is 14.0 Å². The van der Waals surface area contributed by atoms with Gasteiger partial charge >= 0.3 is 5.97 Å². The molecule has 0 bridgehead atoms. The van der Waals surface area contributed by atoms with Crippen molar-refractivity contribution in [1.82, 2.24) is 4.57 Å². The number of aryl methyl sites for hydroxylation is 1. The molecule has 1 aliphatic heterocycles. The van der Waals surface area contributed by atoms with Gasteiger partial charge in [-0.15, -0.1) is 0 Å². The highest BCUT2D eigenvalue weighted by atomic mass is 32.2. The third-order valence-electron chi connectivity index (χ3n) is 2.94. The van der Waals surface area contributed by atoms with Crippen molar-refractivity contribution >= 4 is 16.0 Å². The fourth-order valence-corrected chi connectivity index (χ4v) is 2.49. The van der Waals surface area contributed by atoms with E-state index in [2.05, 4.69) is 0 Å². The van der Waals surface area contributed by atoms with E-state index in [1.54, 1.807) is 7.05 Å². The van der Waals surface area contributed by atoms with E-state index in [0.29, 0.717) is 6.61 Å². The third-order valence-corrected chi connectivity index (χ3v) is 3.82. The van der Waals surface area contributed by atoms with Crippen molar-refractivity contribution in [3.05, 3.63) is 18.0 Å². The molecule has 19 heavy (non-hydrogen) atoms. The molecule has 1 aromatic rings. The number of nitrogens with zero attached hydrogens (tertiary/aromatic N) is 1. The average Bonchev–Trinajstić information content (AvgIpc) is 2.93. The number of nitrogens with two attached hydrogens (primary N) is 1. The zero-order valence-electron chi connectivity index (χ0n) is 10.5. The molecule has 1 aromatic heterocycles. The van der Waals surface area contributed by atoms with Crippen LogP contribution in [0.4, 0.5) is 0 Å². The SMILES string of the molecule is Cn1cc(S(N)(=O)=O)cc1C(=O)OCC1CCCO1. The van der Waals surface area contributed by atoms with Crippen molar-refractivity contribution in [2.75, 3.05) is 13.2 Å². The molecule has 2 rings (SSSR count). The van der Waals surface area contributed by atoms with Crippen molar-refractivity contribution in [1.29, 1.82) is 0 Å². The Kier molecular flexibility index (Phi) is 3.93. The van der Waals surface area contributed by atoms with Crippen molar-refractivity contribution < 1.29 is 22.7 Å². The number of ether oxygens (including phenoxy) is 2. The molecule has 1 atom stereocenters. The molecule has 0 saturated carbocycles. The lowest BCUT2D eigenvalue weighted by Gasteiger charge is -2.10. The van der Waals surface area contributed by atoms with Crippen LogP contribution in [0, 0.1) is 0 Å². The molecule has 2 N–H and O–H groups in total. The molecule has 2 heterocycles. The number of sulfonamides is 1. The Morgan fingerprint density at radius 2 is 2.37 bits per heavy atom. The summed E-state index contributed by atoms with van der Waals surface area (Å²) >= 11 is 0. The van der Waals surface area contributed by atoms with E-state index in [-0.39, 0.29) is 23.3 Å². The van der Waals surface area contributed by atoms with Crippen LogP contribution in [0.3, 0.4) is 0 Å². The van der Waals surface area contributed by atoms with Gasteiger partial charge in [-0.3, -0.25) is 0 Å². The average molecular weight is 288 g/mol. The van der Waals surface area contributed by atoms with Gasteiger partial charge in [0.1, 0.15) is 17.2 Å². The van der Waals surface area contributed by atoms with E-state index < -0.39 is 16.0 Å². The van der Waals surface area contributed by atoms with Gasteiger partial charge in [0.15, 0.2) is 0 Å². The normalized spacial score (nSPS) is 19.6. The topological polar surface area (TPSA) is 101 Å². The van der Waals surface area contributed by atoms with Crippen LogP contribution in [-0.2, 0) is 26.5 Å². The molecule has 106 valence electrons. The van der Waals surface area contributed by atoms with Crippen molar-refractivity contribution in [3.63, 3.8) is 0 Å². The molecule has 0 aromatic carbocycles. The molecule has 1 unspecified atom stereocenters. The van der Waals surface area contributed by atoms with Gasteiger partial charge in [-0.05, 0) is 18.9 Å². The number of carbonyl (C=O) groups is 1. The molecule has 0 amide bonds. The molecule has 0 radical (unpaired) electrons. The maximum absolute atomic E-state index is 11.8. The summed E-state index contributed by atoms with van der Waals surface area (Å²) in [4.78, 5) is 11.7. The lowest BCUT2D eigenvalue weighted by Crippen LogP contribution is -2.19. The van der Waals surface area contributed by atoms with Gasteiger partial charge in [0.05, 0.1) is 6.10 Å². The summed E-state index contributed by atoms with van der Waals surface area (Å²) in [7, 11) is -2.27. The van der Waals surface area contributed by atoms with E-state index in [1.165, 1.54) is 16.8 Å². The van der Waals surface area contributed by atoms with Crippen LogP contribution >= 0.6 is 0 Å². The van der Waals surface area contributed by atoms with E-state index in [1.807, 2.05) is 0 Å². The van der Waals surface area contributed by atoms with Gasteiger partial charge in [0.2, 0.25) is 10.0 Å². The lowest BCUT2D eigenvalue weighted by molar-refractivity contribution is 0.0153. The lowest BCUT2D eigenvalue weighted by atomic mass is 10.2. The second-order valence-corrected chi connectivity index (χ2v) is 6.01. The van der Waals surface area contributed by atoms with Crippen LogP contribution in [0.5, 0.6) is 0 Å².